The van der Waals surface area contributed by atoms with E-state index < -0.39 is 6.61 Å². The van der Waals surface area contributed by atoms with E-state index in [2.05, 4.69) is 24.9 Å². The van der Waals surface area contributed by atoms with Gasteiger partial charge >= 0.3 is 6.61 Å². The third kappa shape index (κ3) is 5.98. The number of hydrogen-bond acceptors (Lipinski definition) is 2. The fraction of sp³-hybridized carbons (Fsp3) is 0.312. The Morgan fingerprint density at radius 1 is 1.22 bits per heavy atom. The van der Waals surface area contributed by atoms with Crippen molar-refractivity contribution >= 4 is 5.96 Å². The van der Waals surface area contributed by atoms with Gasteiger partial charge in [0.05, 0.1) is 0 Å². The van der Waals surface area contributed by atoms with Crippen molar-refractivity contribution in [3.8, 4) is 5.75 Å². The minimum atomic E-state index is -2.82. The largest absolute Gasteiger partial charge is 0.435 e. The lowest BCUT2D eigenvalue weighted by Gasteiger charge is -2.13. The molecule has 1 aromatic heterocycles. The van der Waals surface area contributed by atoms with Crippen LogP contribution < -0.4 is 15.4 Å². The van der Waals surface area contributed by atoms with Crippen molar-refractivity contribution in [2.45, 2.75) is 19.7 Å². The van der Waals surface area contributed by atoms with Gasteiger partial charge in [-0.2, -0.15) is 8.78 Å². The van der Waals surface area contributed by atoms with Gasteiger partial charge in [-0.3, -0.25) is 4.99 Å². The van der Waals surface area contributed by atoms with E-state index in [1.165, 1.54) is 6.07 Å². The number of alkyl halides is 2. The molecule has 0 aliphatic rings. The molecule has 0 spiro atoms. The molecule has 2 N–H and O–H groups in total. The summed E-state index contributed by atoms with van der Waals surface area (Å²) in [7, 11) is 1.68. The van der Waals surface area contributed by atoms with Crippen molar-refractivity contribution in [3.05, 3.63) is 54.4 Å². The van der Waals surface area contributed by atoms with Gasteiger partial charge in [-0.25, -0.2) is 0 Å². The zero-order chi connectivity index (χ0) is 16.5. The highest BCUT2D eigenvalue weighted by Crippen LogP contribution is 2.15. The van der Waals surface area contributed by atoms with Crippen molar-refractivity contribution in [1.29, 1.82) is 0 Å². The van der Waals surface area contributed by atoms with Crippen molar-refractivity contribution in [2.24, 2.45) is 4.99 Å². The zero-order valence-electron chi connectivity index (χ0n) is 12.9. The number of guanidine groups is 1. The molecule has 0 amide bonds. The van der Waals surface area contributed by atoms with Crippen LogP contribution in [0.3, 0.4) is 0 Å². The van der Waals surface area contributed by atoms with Gasteiger partial charge in [-0.05, 0) is 29.8 Å². The summed E-state index contributed by atoms with van der Waals surface area (Å²) in [4.78, 5) is 4.13. The molecule has 0 aliphatic heterocycles. The van der Waals surface area contributed by atoms with Gasteiger partial charge in [-0.15, -0.1) is 0 Å². The lowest BCUT2D eigenvalue weighted by Crippen LogP contribution is -2.38. The lowest BCUT2D eigenvalue weighted by molar-refractivity contribution is -0.0498. The van der Waals surface area contributed by atoms with E-state index in [9.17, 15) is 8.78 Å². The summed E-state index contributed by atoms with van der Waals surface area (Å²) >= 11 is 0. The molecule has 124 valence electrons. The molecule has 7 heteroatoms. The third-order valence-corrected chi connectivity index (χ3v) is 3.14. The summed E-state index contributed by atoms with van der Waals surface area (Å²) in [5.74, 6) is 0.798. The summed E-state index contributed by atoms with van der Waals surface area (Å²) in [5.41, 5.74) is 0.830. The van der Waals surface area contributed by atoms with Crippen LogP contribution in [-0.4, -0.2) is 30.7 Å². The van der Waals surface area contributed by atoms with Crippen LogP contribution >= 0.6 is 0 Å². The average molecular weight is 322 g/mol. The van der Waals surface area contributed by atoms with Crippen molar-refractivity contribution in [2.75, 3.05) is 13.6 Å². The Bertz CT molecular complexity index is 614. The first-order valence-electron chi connectivity index (χ1n) is 7.26. The molecule has 5 nitrogen and oxygen atoms in total. The molecule has 0 atom stereocenters. The molecule has 0 bridgehead atoms. The van der Waals surface area contributed by atoms with Crippen LogP contribution in [0.15, 0.2) is 53.8 Å². The number of aromatic nitrogens is 1. The number of ether oxygens (including phenoxy) is 1. The molecule has 1 aromatic carbocycles. The molecule has 0 radical (unpaired) electrons. The second-order valence-electron chi connectivity index (χ2n) is 4.80. The highest BCUT2D eigenvalue weighted by molar-refractivity contribution is 5.79. The van der Waals surface area contributed by atoms with Crippen LogP contribution in [0, 0.1) is 0 Å². The van der Waals surface area contributed by atoms with Crippen LogP contribution in [0.25, 0.3) is 0 Å². The molecule has 1 heterocycles. The van der Waals surface area contributed by atoms with Crippen molar-refractivity contribution < 1.29 is 13.5 Å². The molecule has 23 heavy (non-hydrogen) atoms. The average Bonchev–Trinajstić information content (AvgIpc) is 3.03. The summed E-state index contributed by atoms with van der Waals surface area (Å²) in [5, 5.41) is 6.32. The van der Waals surface area contributed by atoms with E-state index in [0.29, 0.717) is 12.5 Å². The molecular formula is C16H20F2N4O. The van der Waals surface area contributed by atoms with Gasteiger partial charge in [0.2, 0.25) is 0 Å². The van der Waals surface area contributed by atoms with E-state index in [1.807, 2.05) is 30.6 Å². The number of aliphatic imine (C=N–C) groups is 1. The van der Waals surface area contributed by atoms with E-state index in [1.54, 1.807) is 19.2 Å². The fourth-order valence-corrected chi connectivity index (χ4v) is 2.06. The van der Waals surface area contributed by atoms with Crippen molar-refractivity contribution in [3.63, 3.8) is 0 Å². The monoisotopic (exact) mass is 322 g/mol. The van der Waals surface area contributed by atoms with Gasteiger partial charge in [0.1, 0.15) is 5.75 Å². The summed E-state index contributed by atoms with van der Waals surface area (Å²) in [6, 6.07) is 10.5. The maximum atomic E-state index is 12.2. The van der Waals surface area contributed by atoms with E-state index >= 15 is 0 Å². The molecule has 2 rings (SSSR count). The Balaban J connectivity index is 1.78. The summed E-state index contributed by atoms with van der Waals surface area (Å²) in [6.45, 7) is -0.806. The molecule has 0 aliphatic carbocycles. The van der Waals surface area contributed by atoms with Gasteiger partial charge in [0, 0.05) is 39.1 Å². The smallest absolute Gasteiger partial charge is 0.387 e. The minimum absolute atomic E-state index is 0.148. The standard InChI is InChI=1S/C16H20F2N4O/c1-19-16(20-7-10-22-8-2-3-9-22)21-12-13-5-4-6-14(11-13)23-15(17)18/h2-6,8-9,11,15H,7,10,12H2,1H3,(H2,19,20,21). The third-order valence-electron chi connectivity index (χ3n) is 3.14. The van der Waals surface area contributed by atoms with Crippen LogP contribution in [0.5, 0.6) is 5.75 Å². The topological polar surface area (TPSA) is 50.6 Å². The fourth-order valence-electron chi connectivity index (χ4n) is 2.06. The summed E-state index contributed by atoms with van der Waals surface area (Å²) in [6.07, 6.45) is 3.98. The van der Waals surface area contributed by atoms with Crippen LogP contribution in [0.2, 0.25) is 0 Å². The van der Waals surface area contributed by atoms with Crippen LogP contribution in [0.4, 0.5) is 8.78 Å². The Hall–Kier alpha value is -2.57. The first kappa shape index (κ1) is 16.8. The number of nitrogens with one attached hydrogen (secondary N) is 2. The molecule has 0 saturated carbocycles. The Morgan fingerprint density at radius 2 is 2.00 bits per heavy atom. The maximum Gasteiger partial charge on any atom is 0.387 e. The van der Waals surface area contributed by atoms with Gasteiger partial charge in [-0.1, -0.05) is 12.1 Å². The number of hydrogen-bond donors (Lipinski definition) is 2. The maximum absolute atomic E-state index is 12.2. The van der Waals surface area contributed by atoms with E-state index in [4.69, 9.17) is 0 Å². The minimum Gasteiger partial charge on any atom is -0.435 e. The molecular weight excluding hydrogens is 302 g/mol. The molecule has 0 saturated heterocycles. The number of rotatable bonds is 7. The second-order valence-corrected chi connectivity index (χ2v) is 4.80. The van der Waals surface area contributed by atoms with Gasteiger partial charge in [0.15, 0.2) is 5.96 Å². The predicted octanol–water partition coefficient (Wildman–Crippen LogP) is 2.45. The normalized spacial score (nSPS) is 11.6. The van der Waals surface area contributed by atoms with Crippen LogP contribution in [-0.2, 0) is 13.1 Å². The van der Waals surface area contributed by atoms with Gasteiger partial charge in [0.25, 0.3) is 0 Å². The molecule has 0 fully saturated rings. The number of halogens is 2. The zero-order valence-corrected chi connectivity index (χ0v) is 12.9. The Kier molecular flexibility index (Phi) is 6.40. The lowest BCUT2D eigenvalue weighted by atomic mass is 10.2. The van der Waals surface area contributed by atoms with E-state index in [-0.39, 0.29) is 5.75 Å². The molecule has 0 unspecified atom stereocenters. The number of benzene rings is 1. The van der Waals surface area contributed by atoms with Gasteiger partial charge < -0.3 is 19.9 Å². The first-order valence-corrected chi connectivity index (χ1v) is 7.26. The van der Waals surface area contributed by atoms with E-state index in [0.717, 1.165) is 18.7 Å². The Morgan fingerprint density at radius 3 is 2.70 bits per heavy atom. The van der Waals surface area contributed by atoms with Crippen molar-refractivity contribution in [1.82, 2.24) is 15.2 Å². The SMILES string of the molecule is CN=C(NCCn1cccc1)NCc1cccc(OC(F)F)c1. The predicted molar refractivity (Wildman–Crippen MR) is 85.7 cm³/mol. The number of nitrogens with zero attached hydrogens (tertiary/aromatic N) is 2. The second kappa shape index (κ2) is 8.77. The first-order chi connectivity index (χ1) is 11.2. The highest BCUT2D eigenvalue weighted by atomic mass is 19.3. The molecule has 2 aromatic rings. The highest BCUT2D eigenvalue weighted by Gasteiger charge is 2.05. The quantitative estimate of drug-likeness (QED) is 0.608. The van der Waals surface area contributed by atoms with Crippen LogP contribution in [0.1, 0.15) is 5.56 Å². The Labute approximate surface area is 134 Å². The summed E-state index contributed by atoms with van der Waals surface area (Å²) < 4.78 is 30.9.